The highest BCUT2D eigenvalue weighted by Crippen LogP contribution is 2.27. The summed E-state index contributed by atoms with van der Waals surface area (Å²) in [5.41, 5.74) is 1.84. The fourth-order valence-electron chi connectivity index (χ4n) is 3.92. The summed E-state index contributed by atoms with van der Waals surface area (Å²) in [6.45, 7) is 1.98. The van der Waals surface area contributed by atoms with Crippen molar-refractivity contribution >= 4 is 23.4 Å². The first-order valence-corrected chi connectivity index (χ1v) is 11.1. The van der Waals surface area contributed by atoms with E-state index in [1.165, 1.54) is 12.1 Å². The quantitative estimate of drug-likeness (QED) is 0.542. The highest BCUT2D eigenvalue weighted by molar-refractivity contribution is 5.79. The Hall–Kier alpha value is -3.68. The second-order valence-corrected chi connectivity index (χ2v) is 8.00. The largest absolute Gasteiger partial charge is 0.495 e. The number of hydrogen-bond donors (Lipinski definition) is 2. The molecule has 1 amide bonds. The minimum Gasteiger partial charge on any atom is -0.495 e. The Bertz CT molecular complexity index is 1070. The van der Waals surface area contributed by atoms with E-state index in [-0.39, 0.29) is 17.6 Å². The highest BCUT2D eigenvalue weighted by atomic mass is 19.1. The fraction of sp³-hybridized carbons (Fsp3) is 0.320. The van der Waals surface area contributed by atoms with Crippen molar-refractivity contribution in [2.45, 2.75) is 19.3 Å². The highest BCUT2D eigenvalue weighted by Gasteiger charge is 2.26. The average molecular weight is 450 g/mol. The molecule has 2 N–H and O–H groups in total. The molecular weight excluding hydrogens is 421 g/mol. The third-order valence-corrected chi connectivity index (χ3v) is 5.79. The topological polar surface area (TPSA) is 79.4 Å². The molecule has 172 valence electrons. The number of hydrogen-bond acceptors (Lipinski definition) is 6. The number of benzene rings is 2. The Kier molecular flexibility index (Phi) is 7.34. The third kappa shape index (κ3) is 5.97. The maximum atomic E-state index is 13.0. The van der Waals surface area contributed by atoms with Crippen LogP contribution in [0.2, 0.25) is 0 Å². The molecule has 1 fully saturated rings. The number of carbonyl (C=O) groups excluding carboxylic acids is 1. The molecule has 0 atom stereocenters. The summed E-state index contributed by atoms with van der Waals surface area (Å²) in [5.74, 6) is 1.87. The van der Waals surface area contributed by atoms with Crippen molar-refractivity contribution in [1.29, 1.82) is 0 Å². The predicted octanol–water partition coefficient (Wildman–Crippen LogP) is 3.94. The number of aromatic nitrogens is 2. The second kappa shape index (κ2) is 10.8. The lowest BCUT2D eigenvalue weighted by Crippen LogP contribution is -2.41. The van der Waals surface area contributed by atoms with E-state index in [9.17, 15) is 9.18 Å². The van der Waals surface area contributed by atoms with E-state index in [2.05, 4.69) is 25.5 Å². The monoisotopic (exact) mass is 449 g/mol. The normalized spacial score (nSPS) is 14.1. The summed E-state index contributed by atoms with van der Waals surface area (Å²) in [5, 5.41) is 6.29. The fourth-order valence-corrected chi connectivity index (χ4v) is 3.92. The SMILES string of the molecule is COc1ccccc1Nc1ccnc(N2CCC(C(=O)NCCc3ccc(F)cc3)CC2)n1. The molecule has 0 aliphatic carbocycles. The zero-order chi connectivity index (χ0) is 23.0. The van der Waals surface area contributed by atoms with Gasteiger partial charge in [-0.15, -0.1) is 0 Å². The van der Waals surface area contributed by atoms with E-state index in [0.717, 1.165) is 29.8 Å². The first-order chi connectivity index (χ1) is 16.1. The van der Waals surface area contributed by atoms with Crippen LogP contribution in [-0.4, -0.2) is 42.6 Å². The summed E-state index contributed by atoms with van der Waals surface area (Å²) in [7, 11) is 1.63. The Morgan fingerprint density at radius 1 is 1.12 bits per heavy atom. The molecule has 1 aromatic heterocycles. The van der Waals surface area contributed by atoms with Crippen LogP contribution in [0.25, 0.3) is 0 Å². The van der Waals surface area contributed by atoms with Gasteiger partial charge in [-0.2, -0.15) is 4.98 Å². The first-order valence-electron chi connectivity index (χ1n) is 11.1. The third-order valence-electron chi connectivity index (χ3n) is 5.79. The molecule has 33 heavy (non-hydrogen) atoms. The van der Waals surface area contributed by atoms with Crippen molar-refractivity contribution in [3.05, 3.63) is 72.2 Å². The van der Waals surface area contributed by atoms with E-state index in [4.69, 9.17) is 4.74 Å². The lowest BCUT2D eigenvalue weighted by Gasteiger charge is -2.31. The van der Waals surface area contributed by atoms with Crippen LogP contribution in [0.4, 0.5) is 21.8 Å². The predicted molar refractivity (Wildman–Crippen MR) is 126 cm³/mol. The second-order valence-electron chi connectivity index (χ2n) is 8.00. The van der Waals surface area contributed by atoms with E-state index >= 15 is 0 Å². The van der Waals surface area contributed by atoms with Crippen LogP contribution in [0.5, 0.6) is 5.75 Å². The van der Waals surface area contributed by atoms with Crippen LogP contribution in [-0.2, 0) is 11.2 Å². The number of halogens is 1. The number of nitrogens with zero attached hydrogens (tertiary/aromatic N) is 3. The van der Waals surface area contributed by atoms with E-state index in [0.29, 0.717) is 37.8 Å². The van der Waals surface area contributed by atoms with Crippen molar-refractivity contribution in [2.24, 2.45) is 5.92 Å². The van der Waals surface area contributed by atoms with Crippen molar-refractivity contribution in [3.63, 3.8) is 0 Å². The Morgan fingerprint density at radius 3 is 2.64 bits per heavy atom. The maximum Gasteiger partial charge on any atom is 0.227 e. The van der Waals surface area contributed by atoms with E-state index < -0.39 is 0 Å². The van der Waals surface area contributed by atoms with Gasteiger partial charge in [-0.05, 0) is 55.2 Å². The van der Waals surface area contributed by atoms with Crippen LogP contribution in [0, 0.1) is 11.7 Å². The molecule has 1 aliphatic rings. The molecule has 0 unspecified atom stereocenters. The molecule has 1 aliphatic heterocycles. The van der Waals surface area contributed by atoms with Crippen LogP contribution in [0.1, 0.15) is 18.4 Å². The Balaban J connectivity index is 1.27. The summed E-state index contributed by atoms with van der Waals surface area (Å²) in [6, 6.07) is 15.9. The Morgan fingerprint density at radius 2 is 1.88 bits per heavy atom. The van der Waals surface area contributed by atoms with Gasteiger partial charge in [-0.3, -0.25) is 4.79 Å². The van der Waals surface area contributed by atoms with Crippen LogP contribution in [0.3, 0.4) is 0 Å². The molecule has 4 rings (SSSR count). The molecule has 2 aromatic carbocycles. The van der Waals surface area contributed by atoms with Gasteiger partial charge in [0.2, 0.25) is 11.9 Å². The van der Waals surface area contributed by atoms with Crippen LogP contribution < -0.4 is 20.3 Å². The number of amides is 1. The molecule has 8 heteroatoms. The summed E-state index contributed by atoms with van der Waals surface area (Å²) >= 11 is 0. The average Bonchev–Trinajstić information content (AvgIpc) is 2.86. The number of piperidine rings is 1. The molecule has 2 heterocycles. The molecule has 0 spiro atoms. The number of anilines is 3. The lowest BCUT2D eigenvalue weighted by atomic mass is 9.96. The van der Waals surface area contributed by atoms with Gasteiger partial charge in [0.1, 0.15) is 17.4 Å². The number of methoxy groups -OCH3 is 1. The zero-order valence-corrected chi connectivity index (χ0v) is 18.6. The standard InChI is InChI=1S/C25H28FN5O2/c1-33-22-5-3-2-4-21(22)29-23-11-15-28-25(30-23)31-16-12-19(13-17-31)24(32)27-14-10-18-6-8-20(26)9-7-18/h2-9,11,15,19H,10,12-14,16-17H2,1H3,(H,27,32)(H,28,29,30). The molecule has 0 radical (unpaired) electrons. The smallest absolute Gasteiger partial charge is 0.227 e. The number of ether oxygens (including phenoxy) is 1. The molecule has 0 bridgehead atoms. The van der Waals surface area contributed by atoms with Gasteiger partial charge < -0.3 is 20.3 Å². The Labute approximate surface area is 193 Å². The molecule has 7 nitrogen and oxygen atoms in total. The van der Waals surface area contributed by atoms with Crippen molar-refractivity contribution in [2.75, 3.05) is 37.0 Å². The van der Waals surface area contributed by atoms with Gasteiger partial charge in [0.15, 0.2) is 0 Å². The van der Waals surface area contributed by atoms with Crippen molar-refractivity contribution in [1.82, 2.24) is 15.3 Å². The van der Waals surface area contributed by atoms with Gasteiger partial charge in [0.05, 0.1) is 12.8 Å². The van der Waals surface area contributed by atoms with Gasteiger partial charge in [0.25, 0.3) is 0 Å². The van der Waals surface area contributed by atoms with E-state index in [1.807, 2.05) is 30.3 Å². The molecular formula is C25H28FN5O2. The van der Waals surface area contributed by atoms with Crippen molar-refractivity contribution < 1.29 is 13.9 Å². The number of nitrogens with one attached hydrogen (secondary N) is 2. The molecule has 1 saturated heterocycles. The van der Waals surface area contributed by atoms with Gasteiger partial charge in [-0.1, -0.05) is 24.3 Å². The number of rotatable bonds is 8. The summed E-state index contributed by atoms with van der Waals surface area (Å²) < 4.78 is 18.4. The minimum atomic E-state index is -0.250. The van der Waals surface area contributed by atoms with Gasteiger partial charge >= 0.3 is 0 Å². The molecule has 0 saturated carbocycles. The number of para-hydroxylation sites is 2. The summed E-state index contributed by atoms with van der Waals surface area (Å²) in [6.07, 6.45) is 3.91. The van der Waals surface area contributed by atoms with Gasteiger partial charge in [-0.25, -0.2) is 9.37 Å². The van der Waals surface area contributed by atoms with Gasteiger partial charge in [0, 0.05) is 31.7 Å². The molecule has 3 aromatic rings. The summed E-state index contributed by atoms with van der Waals surface area (Å²) in [4.78, 5) is 23.7. The first kappa shape index (κ1) is 22.5. The maximum absolute atomic E-state index is 13.0. The lowest BCUT2D eigenvalue weighted by molar-refractivity contribution is -0.125. The van der Waals surface area contributed by atoms with Crippen LogP contribution >= 0.6 is 0 Å². The van der Waals surface area contributed by atoms with Crippen molar-refractivity contribution in [3.8, 4) is 5.75 Å². The van der Waals surface area contributed by atoms with Crippen LogP contribution in [0.15, 0.2) is 60.8 Å². The zero-order valence-electron chi connectivity index (χ0n) is 18.6. The number of carbonyl (C=O) groups is 1. The van der Waals surface area contributed by atoms with E-state index in [1.54, 1.807) is 25.4 Å². The minimum absolute atomic E-state index is 0.0237.